The topological polar surface area (TPSA) is 66.4 Å². The van der Waals surface area contributed by atoms with Crippen molar-refractivity contribution in [3.63, 3.8) is 0 Å². The van der Waals surface area contributed by atoms with Crippen molar-refractivity contribution in [2.45, 2.75) is 32.6 Å². The number of rotatable bonds is 5. The van der Waals surface area contributed by atoms with Gasteiger partial charge < -0.3 is 10.4 Å². The molecular formula is C15H18FNO3. The van der Waals surface area contributed by atoms with Crippen LogP contribution in [0.15, 0.2) is 18.2 Å². The Bertz CT molecular complexity index is 538. The lowest BCUT2D eigenvalue weighted by molar-refractivity contribution is -0.141. The predicted molar refractivity (Wildman–Crippen MR) is 72.0 cm³/mol. The Hall–Kier alpha value is -1.91. The molecule has 1 amide bonds. The minimum atomic E-state index is -0.847. The monoisotopic (exact) mass is 279 g/mol. The zero-order valence-corrected chi connectivity index (χ0v) is 11.4. The van der Waals surface area contributed by atoms with Gasteiger partial charge in [-0.1, -0.05) is 12.5 Å². The molecule has 1 saturated carbocycles. The minimum Gasteiger partial charge on any atom is -0.481 e. The number of hydrogen-bond acceptors (Lipinski definition) is 2. The van der Waals surface area contributed by atoms with E-state index in [0.717, 1.165) is 19.3 Å². The molecule has 0 atom stereocenters. The van der Waals surface area contributed by atoms with Gasteiger partial charge in [0.05, 0.1) is 6.42 Å². The van der Waals surface area contributed by atoms with Gasteiger partial charge in [0.15, 0.2) is 0 Å². The third-order valence-corrected chi connectivity index (χ3v) is 4.00. The van der Waals surface area contributed by atoms with Crippen LogP contribution in [0.4, 0.5) is 4.39 Å². The zero-order valence-electron chi connectivity index (χ0n) is 11.4. The third kappa shape index (κ3) is 3.15. The summed E-state index contributed by atoms with van der Waals surface area (Å²) in [6, 6.07) is 4.33. The summed E-state index contributed by atoms with van der Waals surface area (Å²) in [6.07, 6.45) is 2.67. The van der Waals surface area contributed by atoms with Crippen molar-refractivity contribution in [1.82, 2.24) is 5.32 Å². The van der Waals surface area contributed by atoms with E-state index in [1.165, 1.54) is 6.07 Å². The summed E-state index contributed by atoms with van der Waals surface area (Å²) >= 11 is 0. The fraction of sp³-hybridized carbons (Fsp3) is 0.467. The van der Waals surface area contributed by atoms with Gasteiger partial charge >= 0.3 is 5.97 Å². The average Bonchev–Trinajstić information content (AvgIpc) is 2.35. The van der Waals surface area contributed by atoms with Crippen molar-refractivity contribution < 1.29 is 19.1 Å². The van der Waals surface area contributed by atoms with Gasteiger partial charge in [-0.25, -0.2) is 4.39 Å². The Morgan fingerprint density at radius 3 is 2.60 bits per heavy atom. The molecule has 0 aliphatic heterocycles. The van der Waals surface area contributed by atoms with Crippen molar-refractivity contribution >= 4 is 11.9 Å². The van der Waals surface area contributed by atoms with Crippen LogP contribution < -0.4 is 5.32 Å². The number of nitrogens with one attached hydrogen (secondary N) is 1. The summed E-state index contributed by atoms with van der Waals surface area (Å²) in [5.74, 6) is -1.62. The lowest BCUT2D eigenvalue weighted by atomic mass is 9.66. The highest BCUT2D eigenvalue weighted by atomic mass is 19.1. The normalized spacial score (nSPS) is 16.3. The van der Waals surface area contributed by atoms with Crippen LogP contribution in [-0.2, 0) is 4.79 Å². The van der Waals surface area contributed by atoms with Gasteiger partial charge in [0.2, 0.25) is 0 Å². The fourth-order valence-corrected chi connectivity index (χ4v) is 2.52. The molecule has 1 aromatic rings. The molecule has 1 fully saturated rings. The first-order valence-electron chi connectivity index (χ1n) is 6.68. The van der Waals surface area contributed by atoms with Crippen molar-refractivity contribution in [3.05, 3.63) is 35.1 Å². The second kappa shape index (κ2) is 5.61. The fourth-order valence-electron chi connectivity index (χ4n) is 2.52. The number of halogens is 1. The summed E-state index contributed by atoms with van der Waals surface area (Å²) in [4.78, 5) is 22.8. The van der Waals surface area contributed by atoms with Crippen molar-refractivity contribution in [2.75, 3.05) is 6.54 Å². The van der Waals surface area contributed by atoms with Gasteiger partial charge in [-0.05, 0) is 42.9 Å². The Kier molecular flexibility index (Phi) is 4.06. The Balaban J connectivity index is 1.97. The SMILES string of the molecule is Cc1ccc(C(=O)NCC2(CC(=O)O)CCC2)cc1F. The second-order valence-corrected chi connectivity index (χ2v) is 5.57. The molecule has 20 heavy (non-hydrogen) atoms. The van der Waals surface area contributed by atoms with Crippen LogP contribution in [0, 0.1) is 18.2 Å². The molecule has 0 aromatic heterocycles. The van der Waals surface area contributed by atoms with E-state index >= 15 is 0 Å². The van der Waals surface area contributed by atoms with Crippen LogP contribution in [0.1, 0.15) is 41.6 Å². The molecule has 1 aliphatic rings. The molecule has 5 heteroatoms. The van der Waals surface area contributed by atoms with Crippen LogP contribution in [0.5, 0.6) is 0 Å². The molecule has 2 N–H and O–H groups in total. The minimum absolute atomic E-state index is 0.0650. The van der Waals surface area contributed by atoms with Crippen molar-refractivity contribution in [2.24, 2.45) is 5.41 Å². The maximum atomic E-state index is 13.4. The van der Waals surface area contributed by atoms with Crippen molar-refractivity contribution in [1.29, 1.82) is 0 Å². The molecule has 0 spiro atoms. The lowest BCUT2D eigenvalue weighted by Gasteiger charge is -2.40. The number of aryl methyl sites for hydroxylation is 1. The van der Waals surface area contributed by atoms with E-state index in [-0.39, 0.29) is 23.3 Å². The number of amides is 1. The number of benzene rings is 1. The van der Waals surface area contributed by atoms with E-state index in [2.05, 4.69) is 5.32 Å². The highest BCUT2D eigenvalue weighted by Gasteiger charge is 2.39. The second-order valence-electron chi connectivity index (χ2n) is 5.57. The van der Waals surface area contributed by atoms with Gasteiger partial charge in [-0.2, -0.15) is 0 Å². The maximum Gasteiger partial charge on any atom is 0.303 e. The maximum absolute atomic E-state index is 13.4. The predicted octanol–water partition coefficient (Wildman–Crippen LogP) is 2.51. The summed E-state index contributed by atoms with van der Waals surface area (Å²) in [6.45, 7) is 1.96. The molecule has 2 rings (SSSR count). The summed E-state index contributed by atoms with van der Waals surface area (Å²) in [5.41, 5.74) is 0.422. The quantitative estimate of drug-likeness (QED) is 0.870. The van der Waals surface area contributed by atoms with Crippen LogP contribution >= 0.6 is 0 Å². The molecular weight excluding hydrogens is 261 g/mol. The summed E-state index contributed by atoms with van der Waals surface area (Å²) < 4.78 is 13.4. The number of hydrogen-bond donors (Lipinski definition) is 2. The Labute approximate surface area is 117 Å². The average molecular weight is 279 g/mol. The third-order valence-electron chi connectivity index (χ3n) is 4.00. The lowest BCUT2D eigenvalue weighted by Crippen LogP contribution is -2.43. The van der Waals surface area contributed by atoms with Crippen LogP contribution in [-0.4, -0.2) is 23.5 Å². The van der Waals surface area contributed by atoms with Crippen LogP contribution in [0.3, 0.4) is 0 Å². The van der Waals surface area contributed by atoms with Crippen LogP contribution in [0.2, 0.25) is 0 Å². The zero-order chi connectivity index (χ0) is 14.8. The highest BCUT2D eigenvalue weighted by molar-refractivity contribution is 5.94. The van der Waals surface area contributed by atoms with E-state index < -0.39 is 11.8 Å². The van der Waals surface area contributed by atoms with Crippen molar-refractivity contribution in [3.8, 4) is 0 Å². The first kappa shape index (κ1) is 14.5. The molecule has 108 valence electrons. The standard InChI is InChI=1S/C15H18FNO3/c1-10-3-4-11(7-12(10)16)14(20)17-9-15(5-2-6-15)8-13(18)19/h3-4,7H,2,5-6,8-9H2,1H3,(H,17,20)(H,18,19). The number of aliphatic carboxylic acids is 1. The Morgan fingerprint density at radius 1 is 1.40 bits per heavy atom. The molecule has 0 saturated heterocycles. The molecule has 1 aliphatic carbocycles. The van der Waals surface area contributed by atoms with E-state index in [1.54, 1.807) is 19.1 Å². The molecule has 0 bridgehead atoms. The van der Waals surface area contributed by atoms with Crippen LogP contribution in [0.25, 0.3) is 0 Å². The van der Waals surface area contributed by atoms with E-state index in [4.69, 9.17) is 5.11 Å². The van der Waals surface area contributed by atoms with Gasteiger partial charge in [0.25, 0.3) is 5.91 Å². The Morgan fingerprint density at radius 2 is 2.10 bits per heavy atom. The molecule has 4 nitrogen and oxygen atoms in total. The number of carbonyl (C=O) groups excluding carboxylic acids is 1. The van der Waals surface area contributed by atoms with Gasteiger partial charge in [0, 0.05) is 12.1 Å². The van der Waals surface area contributed by atoms with E-state index in [1.807, 2.05) is 0 Å². The smallest absolute Gasteiger partial charge is 0.303 e. The number of carboxylic acid groups (broad SMARTS) is 1. The van der Waals surface area contributed by atoms with E-state index in [9.17, 15) is 14.0 Å². The number of carboxylic acids is 1. The van der Waals surface area contributed by atoms with Gasteiger partial charge in [-0.3, -0.25) is 9.59 Å². The first-order valence-corrected chi connectivity index (χ1v) is 6.68. The molecule has 0 radical (unpaired) electrons. The van der Waals surface area contributed by atoms with Gasteiger partial charge in [-0.15, -0.1) is 0 Å². The molecule has 0 heterocycles. The number of carbonyl (C=O) groups is 2. The summed E-state index contributed by atoms with van der Waals surface area (Å²) in [7, 11) is 0. The molecule has 0 unspecified atom stereocenters. The highest BCUT2D eigenvalue weighted by Crippen LogP contribution is 2.43. The molecule has 1 aromatic carbocycles. The first-order chi connectivity index (χ1) is 9.42. The van der Waals surface area contributed by atoms with E-state index in [0.29, 0.717) is 12.1 Å². The largest absolute Gasteiger partial charge is 0.481 e. The summed E-state index contributed by atoms with van der Waals surface area (Å²) in [5, 5.41) is 11.6. The van der Waals surface area contributed by atoms with Gasteiger partial charge in [0.1, 0.15) is 5.82 Å².